The van der Waals surface area contributed by atoms with E-state index in [1.807, 2.05) is 0 Å². The molecule has 4 heteroatoms. The van der Waals surface area contributed by atoms with Crippen LogP contribution in [-0.4, -0.2) is 25.7 Å². The highest BCUT2D eigenvalue weighted by Crippen LogP contribution is 2.22. The molecule has 0 aliphatic heterocycles. The first kappa shape index (κ1) is 15.5. The Labute approximate surface area is 115 Å². The van der Waals surface area contributed by atoms with Crippen LogP contribution in [0.5, 0.6) is 0 Å². The minimum atomic E-state index is -0.156. The summed E-state index contributed by atoms with van der Waals surface area (Å²) in [5.74, 6) is 0. The Kier molecular flexibility index (Phi) is 5.83. The van der Waals surface area contributed by atoms with E-state index in [9.17, 15) is 4.79 Å². The van der Waals surface area contributed by atoms with Gasteiger partial charge in [0.2, 0.25) is 0 Å². The van der Waals surface area contributed by atoms with Crippen LogP contribution in [0.3, 0.4) is 0 Å². The number of nitrogens with one attached hydrogen (secondary N) is 2. The van der Waals surface area contributed by atoms with Gasteiger partial charge in [0.1, 0.15) is 0 Å². The molecule has 1 rings (SSSR count). The number of urea groups is 1. The Hall–Kier alpha value is -1.55. The first-order valence-electron chi connectivity index (χ1n) is 6.74. The lowest BCUT2D eigenvalue weighted by molar-refractivity contribution is 0.241. The predicted molar refractivity (Wildman–Crippen MR) is 79.3 cm³/mol. The third kappa shape index (κ3) is 5.75. The van der Waals surface area contributed by atoms with E-state index in [1.165, 1.54) is 11.1 Å². The summed E-state index contributed by atoms with van der Waals surface area (Å²) in [6.45, 7) is 8.20. The van der Waals surface area contributed by atoms with Gasteiger partial charge in [-0.25, -0.2) is 4.79 Å². The summed E-state index contributed by atoms with van der Waals surface area (Å²) in [6.07, 6.45) is 0.834. The molecule has 0 fully saturated rings. The van der Waals surface area contributed by atoms with Gasteiger partial charge in [0, 0.05) is 19.6 Å². The largest absolute Gasteiger partial charge is 0.338 e. The zero-order chi connectivity index (χ0) is 14.3. The molecule has 0 radical (unpaired) electrons. The fourth-order valence-corrected chi connectivity index (χ4v) is 1.74. The monoisotopic (exact) mass is 263 g/mol. The first-order valence-corrected chi connectivity index (χ1v) is 6.74. The maximum Gasteiger partial charge on any atom is 0.314 e. The van der Waals surface area contributed by atoms with E-state index >= 15 is 0 Å². The van der Waals surface area contributed by atoms with Gasteiger partial charge in [0.25, 0.3) is 0 Å². The molecule has 0 bridgehead atoms. The van der Waals surface area contributed by atoms with Crippen molar-refractivity contribution >= 4 is 6.03 Å². The van der Waals surface area contributed by atoms with Crippen molar-refractivity contribution in [1.29, 1.82) is 0 Å². The molecular weight excluding hydrogens is 238 g/mol. The number of amides is 2. The molecule has 0 heterocycles. The number of rotatable bonds is 5. The normalized spacial score (nSPS) is 11.2. The van der Waals surface area contributed by atoms with Crippen LogP contribution in [0.25, 0.3) is 0 Å². The second-order valence-corrected chi connectivity index (χ2v) is 5.67. The molecule has 4 nitrogen and oxygen atoms in total. The van der Waals surface area contributed by atoms with E-state index in [4.69, 9.17) is 5.73 Å². The summed E-state index contributed by atoms with van der Waals surface area (Å²) >= 11 is 0. The third-order valence-electron chi connectivity index (χ3n) is 2.95. The molecule has 0 aromatic heterocycles. The van der Waals surface area contributed by atoms with Gasteiger partial charge in [-0.15, -0.1) is 0 Å². The smallest absolute Gasteiger partial charge is 0.314 e. The number of hydrogen-bond donors (Lipinski definition) is 3. The highest BCUT2D eigenvalue weighted by Gasteiger charge is 2.12. The van der Waals surface area contributed by atoms with Gasteiger partial charge in [-0.1, -0.05) is 45.0 Å². The topological polar surface area (TPSA) is 67.2 Å². The maximum atomic E-state index is 11.3. The maximum absolute atomic E-state index is 11.3. The van der Waals surface area contributed by atoms with Crippen LogP contribution in [0.4, 0.5) is 4.79 Å². The number of carbonyl (C=O) groups excluding carboxylic acids is 1. The van der Waals surface area contributed by atoms with E-state index in [0.717, 1.165) is 6.42 Å². The Morgan fingerprint density at radius 2 is 1.68 bits per heavy atom. The SMILES string of the molecule is CC(C)(C)c1ccc(CCNC(=O)NCCN)cc1. The molecule has 106 valence electrons. The summed E-state index contributed by atoms with van der Waals surface area (Å²) in [7, 11) is 0. The molecule has 0 saturated heterocycles. The van der Waals surface area contributed by atoms with Crippen molar-refractivity contribution in [3.05, 3.63) is 35.4 Å². The third-order valence-corrected chi connectivity index (χ3v) is 2.95. The highest BCUT2D eigenvalue weighted by molar-refractivity contribution is 5.73. The Morgan fingerprint density at radius 1 is 1.11 bits per heavy atom. The summed E-state index contributed by atoms with van der Waals surface area (Å²) < 4.78 is 0. The summed E-state index contributed by atoms with van der Waals surface area (Å²) in [6, 6.07) is 8.41. The lowest BCUT2D eigenvalue weighted by atomic mass is 9.86. The van der Waals surface area contributed by atoms with Crippen molar-refractivity contribution in [2.45, 2.75) is 32.6 Å². The highest BCUT2D eigenvalue weighted by atomic mass is 16.2. The molecule has 0 aliphatic rings. The van der Waals surface area contributed by atoms with Crippen LogP contribution >= 0.6 is 0 Å². The predicted octanol–water partition coefficient (Wildman–Crippen LogP) is 1.78. The van der Waals surface area contributed by atoms with Crippen LogP contribution < -0.4 is 16.4 Å². The van der Waals surface area contributed by atoms with E-state index in [0.29, 0.717) is 19.6 Å². The van der Waals surface area contributed by atoms with Crippen LogP contribution in [0, 0.1) is 0 Å². The number of hydrogen-bond acceptors (Lipinski definition) is 2. The summed E-state index contributed by atoms with van der Waals surface area (Å²) in [5.41, 5.74) is 8.04. The van der Waals surface area contributed by atoms with Gasteiger partial charge in [0.05, 0.1) is 0 Å². The fraction of sp³-hybridized carbons (Fsp3) is 0.533. The molecule has 4 N–H and O–H groups in total. The molecule has 0 atom stereocenters. The number of carbonyl (C=O) groups is 1. The lowest BCUT2D eigenvalue weighted by Crippen LogP contribution is -2.39. The van der Waals surface area contributed by atoms with Crippen molar-refractivity contribution in [2.24, 2.45) is 5.73 Å². The van der Waals surface area contributed by atoms with Gasteiger partial charge in [-0.2, -0.15) is 0 Å². The minimum absolute atomic E-state index is 0.156. The van der Waals surface area contributed by atoms with Gasteiger partial charge in [-0.3, -0.25) is 0 Å². The van der Waals surface area contributed by atoms with Gasteiger partial charge in [0.15, 0.2) is 0 Å². The van der Waals surface area contributed by atoms with Crippen molar-refractivity contribution in [2.75, 3.05) is 19.6 Å². The Morgan fingerprint density at radius 3 is 2.21 bits per heavy atom. The quantitative estimate of drug-likeness (QED) is 0.758. The number of nitrogens with two attached hydrogens (primary N) is 1. The first-order chi connectivity index (χ1) is 8.93. The number of benzene rings is 1. The summed E-state index contributed by atoms with van der Waals surface area (Å²) in [4.78, 5) is 11.3. The van der Waals surface area contributed by atoms with Crippen LogP contribution in [0.1, 0.15) is 31.9 Å². The van der Waals surface area contributed by atoms with Crippen LogP contribution in [-0.2, 0) is 11.8 Å². The molecule has 1 aromatic rings. The Balaban J connectivity index is 2.36. The zero-order valence-electron chi connectivity index (χ0n) is 12.1. The lowest BCUT2D eigenvalue weighted by Gasteiger charge is -2.19. The van der Waals surface area contributed by atoms with Crippen LogP contribution in [0.2, 0.25) is 0 Å². The molecular formula is C15H25N3O. The van der Waals surface area contributed by atoms with Crippen molar-refractivity contribution in [1.82, 2.24) is 10.6 Å². The van der Waals surface area contributed by atoms with Crippen molar-refractivity contribution < 1.29 is 4.79 Å². The minimum Gasteiger partial charge on any atom is -0.338 e. The van der Waals surface area contributed by atoms with Crippen molar-refractivity contribution in [3.8, 4) is 0 Å². The molecule has 19 heavy (non-hydrogen) atoms. The molecule has 0 saturated carbocycles. The molecule has 1 aromatic carbocycles. The molecule has 2 amide bonds. The summed E-state index contributed by atoms with van der Waals surface area (Å²) in [5, 5.41) is 5.48. The van der Waals surface area contributed by atoms with Gasteiger partial charge < -0.3 is 16.4 Å². The standard InChI is InChI=1S/C15H25N3O/c1-15(2,3)13-6-4-12(5-7-13)8-10-17-14(19)18-11-9-16/h4-7H,8-11,16H2,1-3H3,(H2,17,18,19). The molecule has 0 unspecified atom stereocenters. The van der Waals surface area contributed by atoms with Crippen molar-refractivity contribution in [3.63, 3.8) is 0 Å². The van der Waals surface area contributed by atoms with E-state index in [-0.39, 0.29) is 11.4 Å². The average molecular weight is 263 g/mol. The van der Waals surface area contributed by atoms with Gasteiger partial charge >= 0.3 is 6.03 Å². The van der Waals surface area contributed by atoms with E-state index < -0.39 is 0 Å². The zero-order valence-corrected chi connectivity index (χ0v) is 12.1. The van der Waals surface area contributed by atoms with Crippen LogP contribution in [0.15, 0.2) is 24.3 Å². The molecule has 0 aliphatic carbocycles. The second kappa shape index (κ2) is 7.14. The van der Waals surface area contributed by atoms with Gasteiger partial charge in [-0.05, 0) is 23.0 Å². The second-order valence-electron chi connectivity index (χ2n) is 5.67. The fourth-order valence-electron chi connectivity index (χ4n) is 1.74. The molecule has 0 spiro atoms. The average Bonchev–Trinajstić information content (AvgIpc) is 2.36. The van der Waals surface area contributed by atoms with E-state index in [2.05, 4.69) is 55.7 Å². The van der Waals surface area contributed by atoms with E-state index in [1.54, 1.807) is 0 Å². The Bertz CT molecular complexity index is 393.